The van der Waals surface area contributed by atoms with E-state index >= 15 is 0 Å². The van der Waals surface area contributed by atoms with Gasteiger partial charge in [-0.2, -0.15) is 0 Å². The summed E-state index contributed by atoms with van der Waals surface area (Å²) in [6, 6.07) is 3.86. The lowest BCUT2D eigenvalue weighted by Gasteiger charge is -2.27. The van der Waals surface area contributed by atoms with Crippen LogP contribution in [-0.4, -0.2) is 23.6 Å². The van der Waals surface area contributed by atoms with Crippen LogP contribution in [0.1, 0.15) is 31.9 Å². The zero-order chi connectivity index (χ0) is 16.1. The smallest absolute Gasteiger partial charge is 0.307 e. The van der Waals surface area contributed by atoms with Crippen molar-refractivity contribution in [3.8, 4) is 5.75 Å². The molecule has 1 unspecified atom stereocenters. The van der Waals surface area contributed by atoms with E-state index in [2.05, 4.69) is 5.32 Å². The molecule has 0 spiro atoms. The van der Waals surface area contributed by atoms with Crippen LogP contribution in [0, 0.1) is 23.1 Å². The summed E-state index contributed by atoms with van der Waals surface area (Å²) < 4.78 is 18.9. The molecule has 0 radical (unpaired) electrons. The highest BCUT2D eigenvalue weighted by molar-refractivity contribution is 5.91. The lowest BCUT2D eigenvalue weighted by Crippen LogP contribution is -2.34. The SMILES string of the molecule is CC1(C)[C@H](C(=O)O)[C@@H]1C(=O)NC1CCOc2ccc(F)cc21. The Labute approximate surface area is 127 Å². The van der Waals surface area contributed by atoms with Crippen LogP contribution in [0.15, 0.2) is 18.2 Å². The summed E-state index contributed by atoms with van der Waals surface area (Å²) in [6.07, 6.45) is 0.535. The molecule has 3 rings (SSSR count). The second-order valence-electron chi connectivity index (χ2n) is 6.50. The number of nitrogens with one attached hydrogen (secondary N) is 1. The fourth-order valence-corrected chi connectivity index (χ4v) is 3.36. The van der Waals surface area contributed by atoms with Crippen molar-refractivity contribution in [3.05, 3.63) is 29.6 Å². The van der Waals surface area contributed by atoms with Crippen molar-refractivity contribution < 1.29 is 23.8 Å². The molecule has 1 aromatic carbocycles. The van der Waals surface area contributed by atoms with Gasteiger partial charge in [-0.15, -0.1) is 0 Å². The molecule has 1 saturated carbocycles. The first-order valence-corrected chi connectivity index (χ1v) is 7.28. The van der Waals surface area contributed by atoms with Crippen LogP contribution in [0.4, 0.5) is 4.39 Å². The number of carbonyl (C=O) groups is 2. The van der Waals surface area contributed by atoms with E-state index in [4.69, 9.17) is 9.84 Å². The molecule has 1 aliphatic heterocycles. The molecule has 0 saturated heterocycles. The molecular formula is C16H18FNO4. The quantitative estimate of drug-likeness (QED) is 0.897. The van der Waals surface area contributed by atoms with Crippen LogP contribution >= 0.6 is 0 Å². The van der Waals surface area contributed by atoms with E-state index in [0.29, 0.717) is 24.3 Å². The minimum absolute atomic E-state index is 0.292. The summed E-state index contributed by atoms with van der Waals surface area (Å²) in [6.45, 7) is 3.97. The van der Waals surface area contributed by atoms with Crippen molar-refractivity contribution in [2.45, 2.75) is 26.3 Å². The van der Waals surface area contributed by atoms with Gasteiger partial charge in [0.05, 0.1) is 24.5 Å². The van der Waals surface area contributed by atoms with Gasteiger partial charge in [0.25, 0.3) is 0 Å². The standard InChI is InChI=1S/C16H18FNO4/c1-16(2)12(13(16)15(20)21)14(19)18-10-5-6-22-11-4-3-8(17)7-9(10)11/h3-4,7,10,12-13H,5-6H2,1-2H3,(H,18,19)(H,20,21)/t10?,12-,13+/m1/s1. The van der Waals surface area contributed by atoms with Crippen molar-refractivity contribution in [1.82, 2.24) is 5.32 Å². The molecule has 5 nitrogen and oxygen atoms in total. The third-order valence-electron chi connectivity index (χ3n) is 4.70. The molecule has 22 heavy (non-hydrogen) atoms. The Morgan fingerprint density at radius 3 is 2.73 bits per heavy atom. The van der Waals surface area contributed by atoms with Gasteiger partial charge in [0.1, 0.15) is 11.6 Å². The third-order valence-corrected chi connectivity index (χ3v) is 4.70. The average Bonchev–Trinajstić information content (AvgIpc) is 3.03. The van der Waals surface area contributed by atoms with Gasteiger partial charge in [-0.3, -0.25) is 9.59 Å². The van der Waals surface area contributed by atoms with E-state index in [-0.39, 0.29) is 11.9 Å². The number of benzene rings is 1. The molecule has 1 aliphatic carbocycles. The molecular weight excluding hydrogens is 289 g/mol. The van der Waals surface area contributed by atoms with Crippen LogP contribution in [0.25, 0.3) is 0 Å². The fourth-order valence-electron chi connectivity index (χ4n) is 3.36. The zero-order valence-electron chi connectivity index (χ0n) is 12.4. The van der Waals surface area contributed by atoms with Crippen molar-refractivity contribution in [3.63, 3.8) is 0 Å². The lowest BCUT2D eigenvalue weighted by atomic mass is 9.99. The molecule has 1 heterocycles. The van der Waals surface area contributed by atoms with Crippen molar-refractivity contribution in [1.29, 1.82) is 0 Å². The highest BCUT2D eigenvalue weighted by Crippen LogP contribution is 2.58. The first kappa shape index (κ1) is 14.8. The summed E-state index contributed by atoms with van der Waals surface area (Å²) >= 11 is 0. The highest BCUT2D eigenvalue weighted by Gasteiger charge is 2.66. The summed E-state index contributed by atoms with van der Waals surface area (Å²) in [5.74, 6) is -2.30. The number of carbonyl (C=O) groups excluding carboxylic acids is 1. The van der Waals surface area contributed by atoms with Gasteiger partial charge in [0.15, 0.2) is 0 Å². The van der Waals surface area contributed by atoms with Crippen LogP contribution in [-0.2, 0) is 9.59 Å². The molecule has 1 amide bonds. The van der Waals surface area contributed by atoms with Gasteiger partial charge in [-0.25, -0.2) is 4.39 Å². The molecule has 3 atom stereocenters. The molecule has 118 valence electrons. The number of carboxylic acids is 1. The van der Waals surface area contributed by atoms with E-state index in [1.165, 1.54) is 12.1 Å². The predicted octanol–water partition coefficient (Wildman–Crippen LogP) is 2.12. The van der Waals surface area contributed by atoms with E-state index in [0.717, 1.165) is 0 Å². The maximum Gasteiger partial charge on any atom is 0.307 e. The Kier molecular flexibility index (Phi) is 3.34. The number of hydrogen-bond acceptors (Lipinski definition) is 3. The molecule has 1 fully saturated rings. The van der Waals surface area contributed by atoms with E-state index < -0.39 is 29.0 Å². The molecule has 0 bridgehead atoms. The maximum absolute atomic E-state index is 13.4. The van der Waals surface area contributed by atoms with Gasteiger partial charge in [0.2, 0.25) is 5.91 Å². The van der Waals surface area contributed by atoms with E-state index in [1.807, 2.05) is 0 Å². The number of fused-ring (bicyclic) bond motifs is 1. The molecule has 2 aliphatic rings. The second kappa shape index (κ2) is 4.97. The zero-order valence-corrected chi connectivity index (χ0v) is 12.4. The van der Waals surface area contributed by atoms with Crippen LogP contribution in [0.3, 0.4) is 0 Å². The average molecular weight is 307 g/mol. The van der Waals surface area contributed by atoms with E-state index in [9.17, 15) is 14.0 Å². The summed E-state index contributed by atoms with van der Waals surface area (Å²) in [5, 5.41) is 12.0. The Hall–Kier alpha value is -2.11. The number of halogens is 1. The molecule has 1 aromatic rings. The monoisotopic (exact) mass is 307 g/mol. The van der Waals surface area contributed by atoms with Crippen molar-refractivity contribution >= 4 is 11.9 Å². The van der Waals surface area contributed by atoms with Gasteiger partial charge in [-0.1, -0.05) is 13.8 Å². The molecule has 0 aromatic heterocycles. The molecule has 6 heteroatoms. The van der Waals surface area contributed by atoms with Crippen LogP contribution < -0.4 is 10.1 Å². The van der Waals surface area contributed by atoms with Crippen molar-refractivity contribution in [2.75, 3.05) is 6.61 Å². The summed E-state index contributed by atoms with van der Waals surface area (Å²) in [5.41, 5.74) is 0.0520. The van der Waals surface area contributed by atoms with Gasteiger partial charge < -0.3 is 15.2 Å². The fraction of sp³-hybridized carbons (Fsp3) is 0.500. The summed E-state index contributed by atoms with van der Waals surface area (Å²) in [4.78, 5) is 23.6. The Balaban J connectivity index is 1.77. The largest absolute Gasteiger partial charge is 0.493 e. The Bertz CT molecular complexity index is 643. The van der Waals surface area contributed by atoms with Gasteiger partial charge in [-0.05, 0) is 23.6 Å². The minimum atomic E-state index is -0.955. The first-order valence-electron chi connectivity index (χ1n) is 7.28. The normalized spacial score (nSPS) is 28.2. The van der Waals surface area contributed by atoms with Crippen LogP contribution in [0.5, 0.6) is 5.75 Å². The Morgan fingerprint density at radius 1 is 1.36 bits per heavy atom. The number of rotatable bonds is 3. The van der Waals surface area contributed by atoms with Crippen LogP contribution in [0.2, 0.25) is 0 Å². The van der Waals surface area contributed by atoms with Gasteiger partial charge >= 0.3 is 5.97 Å². The lowest BCUT2D eigenvalue weighted by molar-refractivity contribution is -0.140. The number of ether oxygens (including phenoxy) is 1. The topological polar surface area (TPSA) is 75.6 Å². The number of amides is 1. The minimum Gasteiger partial charge on any atom is -0.493 e. The number of carboxylic acid groups (broad SMARTS) is 1. The first-order chi connectivity index (χ1) is 10.3. The van der Waals surface area contributed by atoms with Gasteiger partial charge in [0, 0.05) is 12.0 Å². The maximum atomic E-state index is 13.4. The van der Waals surface area contributed by atoms with Crippen molar-refractivity contribution in [2.24, 2.45) is 17.3 Å². The second-order valence-corrected chi connectivity index (χ2v) is 6.50. The van der Waals surface area contributed by atoms with E-state index in [1.54, 1.807) is 19.9 Å². The molecule has 2 N–H and O–H groups in total. The number of aliphatic carboxylic acids is 1. The Morgan fingerprint density at radius 2 is 2.09 bits per heavy atom. The predicted molar refractivity (Wildman–Crippen MR) is 75.8 cm³/mol. The third kappa shape index (κ3) is 2.32. The number of hydrogen-bond donors (Lipinski definition) is 2. The summed E-state index contributed by atoms with van der Waals surface area (Å²) in [7, 11) is 0. The highest BCUT2D eigenvalue weighted by atomic mass is 19.1.